The largest absolute Gasteiger partial charge is 0.106 e. The molecule has 0 saturated carbocycles. The second-order valence-corrected chi connectivity index (χ2v) is 2.79. The van der Waals surface area contributed by atoms with Gasteiger partial charge in [-0.2, -0.15) is 0 Å². The summed E-state index contributed by atoms with van der Waals surface area (Å²) in [6.07, 6.45) is 5.28. The van der Waals surface area contributed by atoms with Crippen LogP contribution in [-0.4, -0.2) is 0 Å². The fourth-order valence-electron chi connectivity index (χ4n) is 1.02. The van der Waals surface area contributed by atoms with Crippen molar-refractivity contribution in [3.8, 4) is 11.8 Å². The van der Waals surface area contributed by atoms with Gasteiger partial charge in [0.05, 0.1) is 0 Å². The summed E-state index contributed by atoms with van der Waals surface area (Å²) in [5.41, 5.74) is 0. The van der Waals surface area contributed by atoms with Gasteiger partial charge in [0.2, 0.25) is 0 Å². The van der Waals surface area contributed by atoms with E-state index in [4.69, 9.17) is 0 Å². The van der Waals surface area contributed by atoms with E-state index in [0.29, 0.717) is 5.92 Å². The lowest BCUT2D eigenvalue weighted by Gasteiger charge is -2.00. The maximum absolute atomic E-state index is 3.15. The monoisotopic (exact) mass is 138 g/mol. The van der Waals surface area contributed by atoms with Crippen LogP contribution in [0.15, 0.2) is 0 Å². The molecule has 0 aliphatic heterocycles. The molecule has 1 unspecified atom stereocenters. The fraction of sp³-hybridized carbons (Fsp3) is 0.800. The van der Waals surface area contributed by atoms with Crippen LogP contribution in [0.25, 0.3) is 0 Å². The standard InChI is InChI=1S/C10H18/c1-4-6-7-9-10(3)8-5-2/h10H,4,6-7,9H2,1-3H3. The Morgan fingerprint density at radius 1 is 1.30 bits per heavy atom. The molecule has 0 aromatic carbocycles. The van der Waals surface area contributed by atoms with Gasteiger partial charge in [0.25, 0.3) is 0 Å². The summed E-state index contributed by atoms with van der Waals surface area (Å²) in [5.74, 6) is 6.71. The summed E-state index contributed by atoms with van der Waals surface area (Å²) in [4.78, 5) is 0. The van der Waals surface area contributed by atoms with E-state index in [2.05, 4.69) is 25.7 Å². The average molecular weight is 138 g/mol. The van der Waals surface area contributed by atoms with Gasteiger partial charge in [0.1, 0.15) is 0 Å². The van der Waals surface area contributed by atoms with E-state index >= 15 is 0 Å². The zero-order valence-corrected chi connectivity index (χ0v) is 7.41. The van der Waals surface area contributed by atoms with E-state index in [1.54, 1.807) is 0 Å². The van der Waals surface area contributed by atoms with E-state index in [9.17, 15) is 0 Å². The van der Waals surface area contributed by atoms with E-state index in [1.807, 2.05) is 6.92 Å². The van der Waals surface area contributed by atoms with Crippen molar-refractivity contribution in [3.05, 3.63) is 0 Å². The second-order valence-electron chi connectivity index (χ2n) is 2.79. The number of hydrogen-bond acceptors (Lipinski definition) is 0. The molecule has 0 nitrogen and oxygen atoms in total. The summed E-state index contributed by atoms with van der Waals surface area (Å²) in [6, 6.07) is 0. The van der Waals surface area contributed by atoms with Crippen molar-refractivity contribution in [1.29, 1.82) is 0 Å². The minimum atomic E-state index is 0.608. The molecule has 0 aliphatic carbocycles. The van der Waals surface area contributed by atoms with E-state index in [0.717, 1.165) is 0 Å². The lowest BCUT2D eigenvalue weighted by Crippen LogP contribution is -1.89. The van der Waals surface area contributed by atoms with Gasteiger partial charge < -0.3 is 0 Å². The molecule has 0 fully saturated rings. The highest BCUT2D eigenvalue weighted by atomic mass is 14.0. The van der Waals surface area contributed by atoms with Crippen molar-refractivity contribution in [2.24, 2.45) is 5.92 Å². The van der Waals surface area contributed by atoms with Crippen molar-refractivity contribution in [2.45, 2.75) is 46.5 Å². The maximum Gasteiger partial charge on any atom is 0.0174 e. The molecule has 0 rings (SSSR count). The zero-order chi connectivity index (χ0) is 7.82. The fourth-order valence-corrected chi connectivity index (χ4v) is 1.02. The minimum absolute atomic E-state index is 0.608. The van der Waals surface area contributed by atoms with Crippen LogP contribution in [0.3, 0.4) is 0 Å². The molecule has 0 heterocycles. The van der Waals surface area contributed by atoms with Crippen LogP contribution in [0.5, 0.6) is 0 Å². The van der Waals surface area contributed by atoms with Crippen molar-refractivity contribution in [3.63, 3.8) is 0 Å². The van der Waals surface area contributed by atoms with Crippen LogP contribution in [0, 0.1) is 17.8 Å². The molecule has 0 aromatic rings. The van der Waals surface area contributed by atoms with Crippen LogP contribution < -0.4 is 0 Å². The third-order valence-corrected chi connectivity index (χ3v) is 1.63. The molecular weight excluding hydrogens is 120 g/mol. The van der Waals surface area contributed by atoms with Crippen LogP contribution >= 0.6 is 0 Å². The quantitative estimate of drug-likeness (QED) is 0.413. The van der Waals surface area contributed by atoms with Crippen LogP contribution in [-0.2, 0) is 0 Å². The number of unbranched alkanes of at least 4 members (excludes halogenated alkanes) is 2. The Morgan fingerprint density at radius 2 is 2.00 bits per heavy atom. The molecule has 0 spiro atoms. The SMILES string of the molecule is CC#CC(C)CCCCC. The average Bonchev–Trinajstić information content (AvgIpc) is 1.89. The summed E-state index contributed by atoms with van der Waals surface area (Å²) >= 11 is 0. The lowest BCUT2D eigenvalue weighted by atomic mass is 10.0. The van der Waals surface area contributed by atoms with Crippen molar-refractivity contribution in [1.82, 2.24) is 0 Å². The Morgan fingerprint density at radius 3 is 2.50 bits per heavy atom. The predicted octanol–water partition coefficient (Wildman–Crippen LogP) is 3.23. The van der Waals surface area contributed by atoms with Gasteiger partial charge in [0, 0.05) is 5.92 Å². The highest BCUT2D eigenvalue weighted by Crippen LogP contribution is 2.07. The molecule has 10 heavy (non-hydrogen) atoms. The summed E-state index contributed by atoms with van der Waals surface area (Å²) in [5, 5.41) is 0. The summed E-state index contributed by atoms with van der Waals surface area (Å²) in [7, 11) is 0. The summed E-state index contributed by atoms with van der Waals surface area (Å²) < 4.78 is 0. The second kappa shape index (κ2) is 6.68. The third kappa shape index (κ3) is 5.69. The highest BCUT2D eigenvalue weighted by Gasteiger charge is 1.94. The molecule has 0 aromatic heterocycles. The topological polar surface area (TPSA) is 0 Å². The van der Waals surface area contributed by atoms with Crippen LogP contribution in [0.2, 0.25) is 0 Å². The molecule has 0 saturated heterocycles. The van der Waals surface area contributed by atoms with Crippen LogP contribution in [0.1, 0.15) is 46.5 Å². The van der Waals surface area contributed by atoms with Gasteiger partial charge in [-0.25, -0.2) is 0 Å². The lowest BCUT2D eigenvalue weighted by molar-refractivity contribution is 0.588. The van der Waals surface area contributed by atoms with Gasteiger partial charge in [-0.3, -0.25) is 0 Å². The van der Waals surface area contributed by atoms with Gasteiger partial charge in [0.15, 0.2) is 0 Å². The maximum atomic E-state index is 3.15. The first kappa shape index (κ1) is 9.56. The Kier molecular flexibility index (Phi) is 6.38. The first-order valence-electron chi connectivity index (χ1n) is 4.23. The van der Waals surface area contributed by atoms with E-state index < -0.39 is 0 Å². The molecule has 58 valence electrons. The van der Waals surface area contributed by atoms with Crippen molar-refractivity contribution < 1.29 is 0 Å². The van der Waals surface area contributed by atoms with Crippen molar-refractivity contribution in [2.75, 3.05) is 0 Å². The highest BCUT2D eigenvalue weighted by molar-refractivity contribution is 4.98. The van der Waals surface area contributed by atoms with Crippen molar-refractivity contribution >= 4 is 0 Å². The molecule has 0 heteroatoms. The molecule has 0 N–H and O–H groups in total. The molecule has 0 bridgehead atoms. The smallest absolute Gasteiger partial charge is 0.0174 e. The van der Waals surface area contributed by atoms with Gasteiger partial charge >= 0.3 is 0 Å². The minimum Gasteiger partial charge on any atom is -0.106 e. The Balaban J connectivity index is 3.18. The van der Waals surface area contributed by atoms with Crippen LogP contribution in [0.4, 0.5) is 0 Å². The molecule has 0 aliphatic rings. The summed E-state index contributed by atoms with van der Waals surface area (Å²) in [6.45, 7) is 6.35. The zero-order valence-electron chi connectivity index (χ0n) is 7.41. The molecular formula is C10H18. The Hall–Kier alpha value is -0.440. The van der Waals surface area contributed by atoms with Gasteiger partial charge in [-0.05, 0) is 13.3 Å². The predicted molar refractivity (Wildman–Crippen MR) is 46.8 cm³/mol. The van der Waals surface area contributed by atoms with Gasteiger partial charge in [-0.1, -0.05) is 33.1 Å². The number of hydrogen-bond donors (Lipinski definition) is 0. The van der Waals surface area contributed by atoms with Gasteiger partial charge in [-0.15, -0.1) is 11.8 Å². The molecule has 0 radical (unpaired) electrons. The van der Waals surface area contributed by atoms with E-state index in [1.165, 1.54) is 25.7 Å². The van der Waals surface area contributed by atoms with E-state index in [-0.39, 0.29) is 0 Å². The first-order valence-corrected chi connectivity index (χ1v) is 4.23. The molecule has 1 atom stereocenters. The molecule has 0 amide bonds. The first-order chi connectivity index (χ1) is 4.81. The number of rotatable bonds is 4. The Bertz CT molecular complexity index is 114. The Labute approximate surface area is 65.0 Å². The normalized spacial score (nSPS) is 11.9. The third-order valence-electron chi connectivity index (χ3n) is 1.63.